The molecule has 0 bridgehead atoms. The molecule has 0 spiro atoms. The van der Waals surface area contributed by atoms with E-state index < -0.39 is 0 Å². The number of carbonyl (C=O) groups excluding carboxylic acids is 1. The molecule has 0 aliphatic carbocycles. The number of thiophene rings is 1. The number of nitrogens with zero attached hydrogens (tertiary/aromatic N) is 2. The van der Waals surface area contributed by atoms with E-state index in [1.165, 1.54) is 6.08 Å². The molecule has 1 amide bonds. The summed E-state index contributed by atoms with van der Waals surface area (Å²) in [7, 11) is 0. The van der Waals surface area contributed by atoms with Gasteiger partial charge in [-0.25, -0.2) is 4.98 Å². The number of carbonyl (C=O) groups is 1. The first-order chi connectivity index (χ1) is 10.7. The van der Waals surface area contributed by atoms with Crippen molar-refractivity contribution in [3.05, 3.63) is 64.6 Å². The standard InChI is InChI=1S/C17H15N3OS/c1-12(16-7-4-10-22-16)19-17(21)9-8-13-11-18-14-5-2-3-6-15(14)20-13/h2-12H,1H3,(H,19,21). The average molecular weight is 309 g/mol. The fraction of sp³-hybridized carbons (Fsp3) is 0.118. The van der Waals surface area contributed by atoms with Crippen molar-refractivity contribution in [1.29, 1.82) is 0 Å². The van der Waals surface area contributed by atoms with Crippen LogP contribution in [0.15, 0.2) is 54.1 Å². The van der Waals surface area contributed by atoms with Crippen LogP contribution in [0.25, 0.3) is 17.1 Å². The first-order valence-corrected chi connectivity index (χ1v) is 7.84. The maximum atomic E-state index is 11.9. The van der Waals surface area contributed by atoms with E-state index in [2.05, 4.69) is 15.3 Å². The molecule has 2 aromatic heterocycles. The van der Waals surface area contributed by atoms with E-state index in [0.29, 0.717) is 5.69 Å². The SMILES string of the molecule is CC(NC(=O)C=Cc1cnc2ccccc2n1)c1cccs1. The van der Waals surface area contributed by atoms with Gasteiger partial charge in [0.2, 0.25) is 5.91 Å². The maximum Gasteiger partial charge on any atom is 0.244 e. The van der Waals surface area contributed by atoms with Crippen LogP contribution in [0.1, 0.15) is 23.5 Å². The van der Waals surface area contributed by atoms with Gasteiger partial charge in [0.15, 0.2) is 0 Å². The first kappa shape index (κ1) is 14.4. The number of para-hydroxylation sites is 2. The van der Waals surface area contributed by atoms with Gasteiger partial charge in [-0.3, -0.25) is 9.78 Å². The fourth-order valence-corrected chi connectivity index (χ4v) is 2.82. The summed E-state index contributed by atoms with van der Waals surface area (Å²) < 4.78 is 0. The molecule has 0 aliphatic rings. The third-order valence-electron chi connectivity index (χ3n) is 3.20. The molecule has 3 rings (SSSR count). The van der Waals surface area contributed by atoms with Gasteiger partial charge in [-0.2, -0.15) is 0 Å². The molecule has 2 heterocycles. The summed E-state index contributed by atoms with van der Waals surface area (Å²) in [5.41, 5.74) is 2.32. The number of hydrogen-bond acceptors (Lipinski definition) is 4. The predicted octanol–water partition coefficient (Wildman–Crippen LogP) is 3.58. The average Bonchev–Trinajstić information content (AvgIpc) is 3.07. The third-order valence-corrected chi connectivity index (χ3v) is 4.26. The second kappa shape index (κ2) is 6.49. The van der Waals surface area contributed by atoms with E-state index in [0.717, 1.165) is 15.9 Å². The summed E-state index contributed by atoms with van der Waals surface area (Å²) in [5.74, 6) is -0.143. The molecule has 0 saturated heterocycles. The van der Waals surface area contributed by atoms with Gasteiger partial charge in [0.1, 0.15) is 0 Å². The number of rotatable bonds is 4. The molecular weight excluding hydrogens is 294 g/mol. The van der Waals surface area contributed by atoms with Gasteiger partial charge in [-0.1, -0.05) is 18.2 Å². The Balaban J connectivity index is 1.68. The molecule has 22 heavy (non-hydrogen) atoms. The molecule has 110 valence electrons. The Hall–Kier alpha value is -2.53. The highest BCUT2D eigenvalue weighted by Crippen LogP contribution is 2.18. The number of fused-ring (bicyclic) bond motifs is 1. The highest BCUT2D eigenvalue weighted by Gasteiger charge is 2.07. The van der Waals surface area contributed by atoms with E-state index in [-0.39, 0.29) is 11.9 Å². The van der Waals surface area contributed by atoms with Gasteiger partial charge < -0.3 is 5.32 Å². The van der Waals surface area contributed by atoms with Crippen molar-refractivity contribution >= 4 is 34.4 Å². The Morgan fingerprint density at radius 2 is 2.05 bits per heavy atom. The smallest absolute Gasteiger partial charge is 0.244 e. The van der Waals surface area contributed by atoms with E-state index >= 15 is 0 Å². The van der Waals surface area contributed by atoms with Crippen molar-refractivity contribution in [2.45, 2.75) is 13.0 Å². The Labute approximate surface area is 132 Å². The lowest BCUT2D eigenvalue weighted by atomic mass is 10.2. The molecule has 1 atom stereocenters. The molecule has 0 saturated carbocycles. The van der Waals surface area contributed by atoms with Crippen LogP contribution in [0.2, 0.25) is 0 Å². The highest BCUT2D eigenvalue weighted by molar-refractivity contribution is 7.10. The monoisotopic (exact) mass is 309 g/mol. The van der Waals surface area contributed by atoms with Crippen LogP contribution in [-0.4, -0.2) is 15.9 Å². The summed E-state index contributed by atoms with van der Waals surface area (Å²) in [4.78, 5) is 21.8. The summed E-state index contributed by atoms with van der Waals surface area (Å²) in [5, 5.41) is 4.92. The number of nitrogens with one attached hydrogen (secondary N) is 1. The number of benzene rings is 1. The highest BCUT2D eigenvalue weighted by atomic mass is 32.1. The Morgan fingerprint density at radius 1 is 1.23 bits per heavy atom. The molecule has 3 aromatic rings. The van der Waals surface area contributed by atoms with Crippen molar-refractivity contribution in [3.63, 3.8) is 0 Å². The quantitative estimate of drug-likeness (QED) is 0.749. The Kier molecular flexibility index (Phi) is 4.25. The molecule has 5 heteroatoms. The normalized spacial score (nSPS) is 12.6. The van der Waals surface area contributed by atoms with E-state index in [4.69, 9.17) is 0 Å². The van der Waals surface area contributed by atoms with Gasteiger partial charge >= 0.3 is 0 Å². The molecule has 1 N–H and O–H groups in total. The summed E-state index contributed by atoms with van der Waals surface area (Å²) in [6, 6.07) is 11.6. The first-order valence-electron chi connectivity index (χ1n) is 6.96. The van der Waals surface area contributed by atoms with E-state index in [9.17, 15) is 4.79 Å². The molecular formula is C17H15N3OS. The van der Waals surface area contributed by atoms with E-state index in [1.54, 1.807) is 23.6 Å². The van der Waals surface area contributed by atoms with Crippen molar-refractivity contribution in [3.8, 4) is 0 Å². The second-order valence-electron chi connectivity index (χ2n) is 4.86. The molecule has 0 fully saturated rings. The van der Waals surface area contributed by atoms with Gasteiger partial charge in [0.25, 0.3) is 0 Å². The van der Waals surface area contributed by atoms with Crippen LogP contribution in [0.3, 0.4) is 0 Å². The van der Waals surface area contributed by atoms with Crippen molar-refractivity contribution < 1.29 is 4.79 Å². The van der Waals surface area contributed by atoms with Crippen LogP contribution in [0.5, 0.6) is 0 Å². The van der Waals surface area contributed by atoms with Crippen molar-refractivity contribution in [2.24, 2.45) is 0 Å². The number of hydrogen-bond donors (Lipinski definition) is 1. The summed E-state index contributed by atoms with van der Waals surface area (Å²) in [6.45, 7) is 1.97. The number of amides is 1. The van der Waals surface area contributed by atoms with Crippen molar-refractivity contribution in [2.75, 3.05) is 0 Å². The minimum absolute atomic E-state index is 0.000150. The zero-order chi connectivity index (χ0) is 15.4. The van der Waals surface area contributed by atoms with Gasteiger partial charge in [-0.05, 0) is 36.6 Å². The Morgan fingerprint density at radius 3 is 2.82 bits per heavy atom. The molecule has 4 nitrogen and oxygen atoms in total. The van der Waals surface area contributed by atoms with Gasteiger partial charge in [0, 0.05) is 11.0 Å². The minimum atomic E-state index is -0.143. The van der Waals surface area contributed by atoms with E-state index in [1.807, 2.05) is 48.7 Å². The minimum Gasteiger partial charge on any atom is -0.345 e. The zero-order valence-electron chi connectivity index (χ0n) is 12.1. The number of aromatic nitrogens is 2. The van der Waals surface area contributed by atoms with Gasteiger partial charge in [0.05, 0.1) is 29.0 Å². The lowest BCUT2D eigenvalue weighted by Gasteiger charge is -2.09. The molecule has 1 aromatic carbocycles. The Bertz CT molecular complexity index is 812. The second-order valence-corrected chi connectivity index (χ2v) is 5.84. The lowest BCUT2D eigenvalue weighted by molar-refractivity contribution is -0.117. The van der Waals surface area contributed by atoms with Crippen molar-refractivity contribution in [1.82, 2.24) is 15.3 Å². The zero-order valence-corrected chi connectivity index (χ0v) is 12.9. The summed E-state index contributed by atoms with van der Waals surface area (Å²) >= 11 is 1.63. The predicted molar refractivity (Wildman–Crippen MR) is 89.4 cm³/mol. The fourth-order valence-electron chi connectivity index (χ4n) is 2.08. The van der Waals surface area contributed by atoms with Crippen LogP contribution in [0, 0.1) is 0 Å². The van der Waals surface area contributed by atoms with Gasteiger partial charge in [-0.15, -0.1) is 11.3 Å². The largest absolute Gasteiger partial charge is 0.345 e. The third kappa shape index (κ3) is 3.38. The van der Waals surface area contributed by atoms with Crippen LogP contribution >= 0.6 is 11.3 Å². The van der Waals surface area contributed by atoms with Crippen LogP contribution in [0.4, 0.5) is 0 Å². The maximum absolute atomic E-state index is 11.9. The topological polar surface area (TPSA) is 54.9 Å². The molecule has 0 radical (unpaired) electrons. The molecule has 0 aliphatic heterocycles. The van der Waals surface area contributed by atoms with Crippen LogP contribution < -0.4 is 5.32 Å². The summed E-state index contributed by atoms with van der Waals surface area (Å²) in [6.07, 6.45) is 4.83. The van der Waals surface area contributed by atoms with Crippen LogP contribution in [-0.2, 0) is 4.79 Å². The lowest BCUT2D eigenvalue weighted by Crippen LogP contribution is -2.23. The molecule has 1 unspecified atom stereocenters.